The molecular weight excluding hydrogens is 344 g/mol. The number of aromatic nitrogens is 1. The van der Waals surface area contributed by atoms with Crippen LogP contribution in [0.5, 0.6) is 0 Å². The predicted octanol–water partition coefficient (Wildman–Crippen LogP) is 5.16. The van der Waals surface area contributed by atoms with Crippen LogP contribution in [0.15, 0.2) is 60.7 Å². The van der Waals surface area contributed by atoms with Gasteiger partial charge in [-0.2, -0.15) is 0 Å². The van der Waals surface area contributed by atoms with Gasteiger partial charge in [0, 0.05) is 22.9 Å². The molecule has 4 heteroatoms. The molecule has 0 saturated heterocycles. The number of halogens is 1. The van der Waals surface area contributed by atoms with Crippen LogP contribution in [-0.4, -0.2) is 10.5 Å². The predicted molar refractivity (Wildman–Crippen MR) is 108 cm³/mol. The molecular formula is C22H19ClN2O. The van der Waals surface area contributed by atoms with Gasteiger partial charge in [0.15, 0.2) is 0 Å². The standard InChI is InChI=1S/C22H19ClN2O/c1-2-14-6-3-7-15(12-14)13-25-19-11-5-9-17(22(24)26)20(19)16-8-4-10-18(23)21(16)25/h3-12H,2,13H2,1H3,(H2,24,26). The van der Waals surface area contributed by atoms with E-state index in [0.29, 0.717) is 17.1 Å². The lowest BCUT2D eigenvalue weighted by atomic mass is 10.1. The Kier molecular flexibility index (Phi) is 4.17. The summed E-state index contributed by atoms with van der Waals surface area (Å²) in [7, 11) is 0. The second kappa shape index (κ2) is 6.50. The zero-order valence-electron chi connectivity index (χ0n) is 14.5. The third kappa shape index (κ3) is 2.65. The van der Waals surface area contributed by atoms with E-state index < -0.39 is 5.91 Å². The van der Waals surface area contributed by atoms with Crippen molar-refractivity contribution in [3.8, 4) is 0 Å². The largest absolute Gasteiger partial charge is 0.366 e. The molecule has 0 radical (unpaired) electrons. The topological polar surface area (TPSA) is 48.0 Å². The summed E-state index contributed by atoms with van der Waals surface area (Å²) < 4.78 is 2.17. The number of amides is 1. The first kappa shape index (κ1) is 16.7. The fourth-order valence-corrected chi connectivity index (χ4v) is 3.94. The van der Waals surface area contributed by atoms with Gasteiger partial charge in [0.05, 0.1) is 16.1 Å². The van der Waals surface area contributed by atoms with Gasteiger partial charge in [-0.3, -0.25) is 4.79 Å². The molecule has 1 aromatic heterocycles. The second-order valence-electron chi connectivity index (χ2n) is 6.46. The lowest BCUT2D eigenvalue weighted by Crippen LogP contribution is -2.11. The van der Waals surface area contributed by atoms with Crippen molar-refractivity contribution in [1.82, 2.24) is 4.57 Å². The molecule has 0 aliphatic carbocycles. The summed E-state index contributed by atoms with van der Waals surface area (Å²) >= 11 is 6.55. The fourth-order valence-electron chi connectivity index (χ4n) is 3.66. The molecule has 0 fully saturated rings. The number of carbonyl (C=O) groups is 1. The Morgan fingerprint density at radius 1 is 1.04 bits per heavy atom. The molecule has 4 rings (SSSR count). The number of rotatable bonds is 4. The van der Waals surface area contributed by atoms with Gasteiger partial charge in [-0.05, 0) is 35.7 Å². The summed E-state index contributed by atoms with van der Waals surface area (Å²) in [5.41, 5.74) is 10.5. The van der Waals surface area contributed by atoms with Crippen LogP contribution in [0, 0.1) is 0 Å². The summed E-state index contributed by atoms with van der Waals surface area (Å²) in [6.45, 7) is 2.83. The van der Waals surface area contributed by atoms with E-state index in [4.69, 9.17) is 17.3 Å². The summed E-state index contributed by atoms with van der Waals surface area (Å²) in [5, 5.41) is 2.48. The first-order chi connectivity index (χ1) is 12.6. The molecule has 0 spiro atoms. The first-order valence-electron chi connectivity index (χ1n) is 8.67. The number of aryl methyl sites for hydroxylation is 1. The molecule has 0 bridgehead atoms. The number of fused-ring (bicyclic) bond motifs is 3. The van der Waals surface area contributed by atoms with Crippen LogP contribution in [-0.2, 0) is 13.0 Å². The van der Waals surface area contributed by atoms with Gasteiger partial charge in [0.25, 0.3) is 0 Å². The maximum absolute atomic E-state index is 12.0. The minimum absolute atomic E-state index is 0.428. The zero-order valence-corrected chi connectivity index (χ0v) is 15.3. The summed E-state index contributed by atoms with van der Waals surface area (Å²) in [4.78, 5) is 12.0. The first-order valence-corrected chi connectivity index (χ1v) is 9.05. The highest BCUT2D eigenvalue weighted by Gasteiger charge is 2.18. The molecule has 130 valence electrons. The number of benzene rings is 3. The summed E-state index contributed by atoms with van der Waals surface area (Å²) in [6.07, 6.45) is 0.994. The monoisotopic (exact) mass is 362 g/mol. The van der Waals surface area contributed by atoms with E-state index in [-0.39, 0.29) is 0 Å². The van der Waals surface area contributed by atoms with Crippen molar-refractivity contribution in [3.05, 3.63) is 82.4 Å². The van der Waals surface area contributed by atoms with E-state index in [9.17, 15) is 4.79 Å². The van der Waals surface area contributed by atoms with Crippen LogP contribution >= 0.6 is 11.6 Å². The highest BCUT2D eigenvalue weighted by molar-refractivity contribution is 6.37. The number of primary amides is 1. The molecule has 3 nitrogen and oxygen atoms in total. The highest BCUT2D eigenvalue weighted by Crippen LogP contribution is 2.35. The molecule has 26 heavy (non-hydrogen) atoms. The zero-order chi connectivity index (χ0) is 18.3. The fraction of sp³-hybridized carbons (Fsp3) is 0.136. The normalized spacial score (nSPS) is 11.3. The number of nitrogens with two attached hydrogens (primary N) is 1. The van der Waals surface area contributed by atoms with Crippen LogP contribution < -0.4 is 5.73 Å². The van der Waals surface area contributed by atoms with Crippen molar-refractivity contribution in [2.45, 2.75) is 19.9 Å². The molecule has 0 aliphatic rings. The minimum Gasteiger partial charge on any atom is -0.366 e. The van der Waals surface area contributed by atoms with E-state index in [2.05, 4.69) is 35.8 Å². The second-order valence-corrected chi connectivity index (χ2v) is 6.87. The van der Waals surface area contributed by atoms with Crippen molar-refractivity contribution in [3.63, 3.8) is 0 Å². The van der Waals surface area contributed by atoms with Crippen LogP contribution in [0.2, 0.25) is 5.02 Å². The minimum atomic E-state index is -0.428. The average Bonchev–Trinajstić information content (AvgIpc) is 2.97. The Morgan fingerprint density at radius 2 is 1.77 bits per heavy atom. The van der Waals surface area contributed by atoms with Gasteiger partial charge in [-0.25, -0.2) is 0 Å². The quantitative estimate of drug-likeness (QED) is 0.535. The third-order valence-corrected chi connectivity index (χ3v) is 5.17. The molecule has 4 aromatic rings. The lowest BCUT2D eigenvalue weighted by Gasteiger charge is -2.10. The molecule has 2 N–H and O–H groups in total. The Bertz CT molecular complexity index is 1140. The number of carbonyl (C=O) groups excluding carboxylic acids is 1. The Morgan fingerprint density at radius 3 is 2.54 bits per heavy atom. The van der Waals surface area contributed by atoms with Crippen LogP contribution in [0.1, 0.15) is 28.4 Å². The van der Waals surface area contributed by atoms with Crippen molar-refractivity contribution >= 4 is 39.3 Å². The number of hydrogen-bond acceptors (Lipinski definition) is 1. The maximum atomic E-state index is 12.0. The molecule has 0 unspecified atom stereocenters. The van der Waals surface area contributed by atoms with Gasteiger partial charge in [0.1, 0.15) is 0 Å². The van der Waals surface area contributed by atoms with Gasteiger partial charge >= 0.3 is 0 Å². The van der Waals surface area contributed by atoms with E-state index in [0.717, 1.165) is 28.2 Å². The van der Waals surface area contributed by atoms with Crippen molar-refractivity contribution in [2.75, 3.05) is 0 Å². The molecule has 1 amide bonds. The van der Waals surface area contributed by atoms with Gasteiger partial charge < -0.3 is 10.3 Å². The summed E-state index contributed by atoms with van der Waals surface area (Å²) in [6, 6.07) is 20.0. The van der Waals surface area contributed by atoms with Crippen LogP contribution in [0.3, 0.4) is 0 Å². The molecule has 1 heterocycles. The highest BCUT2D eigenvalue weighted by atomic mass is 35.5. The number of para-hydroxylation sites is 1. The van der Waals surface area contributed by atoms with E-state index in [1.54, 1.807) is 6.07 Å². The average molecular weight is 363 g/mol. The van der Waals surface area contributed by atoms with Crippen molar-refractivity contribution < 1.29 is 4.79 Å². The molecule has 3 aromatic carbocycles. The van der Waals surface area contributed by atoms with Crippen molar-refractivity contribution in [1.29, 1.82) is 0 Å². The smallest absolute Gasteiger partial charge is 0.249 e. The third-order valence-electron chi connectivity index (χ3n) is 4.87. The Labute approximate surface area is 157 Å². The van der Waals surface area contributed by atoms with E-state index in [1.165, 1.54) is 11.1 Å². The lowest BCUT2D eigenvalue weighted by molar-refractivity contribution is 0.100. The van der Waals surface area contributed by atoms with Gasteiger partial charge in [-0.1, -0.05) is 61.0 Å². The Hall–Kier alpha value is -2.78. The molecule has 0 saturated carbocycles. The van der Waals surface area contributed by atoms with Gasteiger partial charge in [0.2, 0.25) is 5.91 Å². The van der Waals surface area contributed by atoms with Crippen molar-refractivity contribution in [2.24, 2.45) is 5.73 Å². The van der Waals surface area contributed by atoms with Crippen LogP contribution in [0.4, 0.5) is 0 Å². The van der Waals surface area contributed by atoms with Gasteiger partial charge in [-0.15, -0.1) is 0 Å². The van der Waals surface area contributed by atoms with E-state index >= 15 is 0 Å². The SMILES string of the molecule is CCc1cccc(Cn2c3cccc(C(N)=O)c3c3cccc(Cl)c32)c1. The summed E-state index contributed by atoms with van der Waals surface area (Å²) in [5.74, 6) is -0.428. The number of hydrogen-bond donors (Lipinski definition) is 1. The van der Waals surface area contributed by atoms with E-state index in [1.807, 2.05) is 30.3 Å². The maximum Gasteiger partial charge on any atom is 0.249 e. The van der Waals surface area contributed by atoms with Crippen LogP contribution in [0.25, 0.3) is 21.8 Å². The molecule has 0 atom stereocenters. The number of nitrogens with zero attached hydrogens (tertiary/aromatic N) is 1. The Balaban J connectivity index is 2.03. The molecule has 0 aliphatic heterocycles.